The van der Waals surface area contributed by atoms with Crippen molar-refractivity contribution in [3.8, 4) is 0 Å². The average Bonchev–Trinajstić information content (AvgIpc) is 2.25. The van der Waals surface area contributed by atoms with E-state index in [4.69, 9.17) is 0 Å². The highest BCUT2D eigenvalue weighted by Crippen LogP contribution is 2.01. The molecule has 0 heterocycles. The number of ether oxygens (including phenoxy) is 1. The Labute approximate surface area is 101 Å². The fourth-order valence-corrected chi connectivity index (χ4v) is 1.97. The highest BCUT2D eigenvalue weighted by Gasteiger charge is 2.23. The Bertz CT molecular complexity index is 364. The highest BCUT2D eigenvalue weighted by molar-refractivity contribution is 7.87. The summed E-state index contributed by atoms with van der Waals surface area (Å²) >= 11 is 0. The van der Waals surface area contributed by atoms with Crippen molar-refractivity contribution < 1.29 is 26.9 Å². The molecule has 0 aromatic rings. The molecule has 100 valence electrons. The van der Waals surface area contributed by atoms with Crippen LogP contribution in [-0.4, -0.2) is 39.4 Å². The van der Waals surface area contributed by atoms with E-state index >= 15 is 0 Å². The summed E-state index contributed by atoms with van der Waals surface area (Å²) in [7, 11) is -2.74. The zero-order chi connectivity index (χ0) is 13.5. The summed E-state index contributed by atoms with van der Waals surface area (Å²) in [5, 5.41) is 2.11. The van der Waals surface area contributed by atoms with Crippen LogP contribution in [0.25, 0.3) is 0 Å². The number of unbranched alkanes of at least 4 members (excludes halogenated alkanes) is 1. The Morgan fingerprint density at radius 1 is 1.35 bits per heavy atom. The van der Waals surface area contributed by atoms with Crippen LogP contribution in [0, 0.1) is 0 Å². The van der Waals surface area contributed by atoms with E-state index in [1.54, 1.807) is 0 Å². The third-order valence-electron chi connectivity index (χ3n) is 1.83. The van der Waals surface area contributed by atoms with Crippen molar-refractivity contribution in [1.82, 2.24) is 5.32 Å². The summed E-state index contributed by atoms with van der Waals surface area (Å²) in [5.74, 6) is -1.26. The number of hydrogen-bond acceptors (Lipinski definition) is 6. The zero-order valence-electron chi connectivity index (χ0n) is 10.1. The van der Waals surface area contributed by atoms with Gasteiger partial charge >= 0.3 is 22.2 Å². The lowest BCUT2D eigenvalue weighted by molar-refractivity contribution is -0.135. The van der Waals surface area contributed by atoms with E-state index in [0.29, 0.717) is 12.8 Å². The molecule has 7 nitrogen and oxygen atoms in total. The molecule has 0 aromatic heterocycles. The third-order valence-corrected chi connectivity index (χ3v) is 3.04. The van der Waals surface area contributed by atoms with E-state index < -0.39 is 28.2 Å². The molecule has 17 heavy (non-hydrogen) atoms. The molecule has 0 bridgehead atoms. The number of carbonyl (C=O) groups is 2. The van der Waals surface area contributed by atoms with Gasteiger partial charge in [0.1, 0.15) is 6.04 Å². The first-order valence-corrected chi connectivity index (χ1v) is 6.70. The smallest absolute Gasteiger partial charge is 0.407 e. The molecule has 0 aliphatic rings. The molecule has 0 aliphatic carbocycles. The standard InChI is InChI=1S/C9H17NO6S/c1-4-5-6-17(13,14)16-8(11)7(2)10-9(12)15-3/h7H,4-6H2,1-3H3,(H,10,12)/t7-/m1/s1. The predicted molar refractivity (Wildman–Crippen MR) is 59.8 cm³/mol. The molecule has 8 heteroatoms. The molecule has 0 aromatic carbocycles. The summed E-state index contributed by atoms with van der Waals surface area (Å²) in [4.78, 5) is 22.1. The van der Waals surface area contributed by atoms with Crippen LogP contribution in [0.4, 0.5) is 4.79 Å². The summed E-state index contributed by atoms with van der Waals surface area (Å²) in [6, 6.07) is -1.08. The van der Waals surface area contributed by atoms with Gasteiger partial charge in [0.15, 0.2) is 0 Å². The molecule has 0 saturated heterocycles. The van der Waals surface area contributed by atoms with Crippen LogP contribution in [0.2, 0.25) is 0 Å². The maximum absolute atomic E-state index is 11.3. The lowest BCUT2D eigenvalue weighted by Crippen LogP contribution is -2.40. The van der Waals surface area contributed by atoms with Gasteiger partial charge in [-0.2, -0.15) is 8.42 Å². The first kappa shape index (κ1) is 15.7. The van der Waals surface area contributed by atoms with Gasteiger partial charge in [0.2, 0.25) is 0 Å². The van der Waals surface area contributed by atoms with Gasteiger partial charge in [-0.25, -0.2) is 9.59 Å². The number of alkyl carbamates (subject to hydrolysis) is 1. The monoisotopic (exact) mass is 267 g/mol. The fourth-order valence-electron chi connectivity index (χ4n) is 0.855. The lowest BCUT2D eigenvalue weighted by Gasteiger charge is -2.11. The highest BCUT2D eigenvalue weighted by atomic mass is 32.2. The second-order valence-electron chi connectivity index (χ2n) is 3.38. The van der Waals surface area contributed by atoms with E-state index in [-0.39, 0.29) is 5.75 Å². The van der Waals surface area contributed by atoms with Gasteiger partial charge in [-0.05, 0) is 13.3 Å². The molecule has 0 rings (SSSR count). The second-order valence-corrected chi connectivity index (χ2v) is 5.07. The maximum atomic E-state index is 11.3. The molecule has 1 amide bonds. The minimum absolute atomic E-state index is 0.222. The molecule has 0 aliphatic heterocycles. The number of rotatable bonds is 6. The van der Waals surface area contributed by atoms with Crippen LogP contribution < -0.4 is 5.32 Å². The van der Waals surface area contributed by atoms with Crippen molar-refractivity contribution in [3.05, 3.63) is 0 Å². The van der Waals surface area contributed by atoms with Crippen LogP contribution >= 0.6 is 0 Å². The quantitative estimate of drug-likeness (QED) is 0.699. The summed E-state index contributed by atoms with van der Waals surface area (Å²) < 4.78 is 31.1. The molecular formula is C9H17NO6S. The van der Waals surface area contributed by atoms with Crippen molar-refractivity contribution in [1.29, 1.82) is 0 Å². The van der Waals surface area contributed by atoms with E-state index in [1.165, 1.54) is 6.92 Å². The number of amides is 1. The van der Waals surface area contributed by atoms with Crippen LogP contribution in [0.5, 0.6) is 0 Å². The molecule has 0 unspecified atom stereocenters. The van der Waals surface area contributed by atoms with Gasteiger partial charge in [-0.3, -0.25) is 0 Å². The topological polar surface area (TPSA) is 98.8 Å². The van der Waals surface area contributed by atoms with Crippen LogP contribution in [0.15, 0.2) is 0 Å². The molecule has 0 saturated carbocycles. The maximum Gasteiger partial charge on any atom is 0.407 e. The van der Waals surface area contributed by atoms with E-state index in [0.717, 1.165) is 7.11 Å². The second kappa shape index (κ2) is 7.10. The van der Waals surface area contributed by atoms with Gasteiger partial charge < -0.3 is 14.2 Å². The van der Waals surface area contributed by atoms with Gasteiger partial charge in [0.25, 0.3) is 0 Å². The van der Waals surface area contributed by atoms with E-state index in [2.05, 4.69) is 14.2 Å². The van der Waals surface area contributed by atoms with Crippen molar-refractivity contribution in [2.24, 2.45) is 0 Å². The average molecular weight is 267 g/mol. The number of nitrogens with one attached hydrogen (secondary N) is 1. The van der Waals surface area contributed by atoms with E-state index in [1.807, 2.05) is 6.92 Å². The Balaban J connectivity index is 4.29. The van der Waals surface area contributed by atoms with Gasteiger partial charge in [0, 0.05) is 0 Å². The number of carbonyl (C=O) groups excluding carboxylic acids is 2. The molecular weight excluding hydrogens is 250 g/mol. The van der Waals surface area contributed by atoms with Crippen LogP contribution in [0.3, 0.4) is 0 Å². The number of methoxy groups -OCH3 is 1. The van der Waals surface area contributed by atoms with Crippen LogP contribution in [-0.2, 0) is 23.8 Å². The normalized spacial score (nSPS) is 12.6. The summed E-state index contributed by atoms with van der Waals surface area (Å²) in [5.41, 5.74) is 0. The molecule has 1 N–H and O–H groups in total. The Morgan fingerprint density at radius 3 is 2.41 bits per heavy atom. The predicted octanol–water partition coefficient (Wildman–Crippen LogP) is 0.404. The SMILES string of the molecule is CCCCS(=O)(=O)OC(=O)[C@@H](C)NC(=O)OC. The van der Waals surface area contributed by atoms with Crippen molar-refractivity contribution in [2.45, 2.75) is 32.7 Å². The van der Waals surface area contributed by atoms with E-state index in [9.17, 15) is 18.0 Å². The first-order chi connectivity index (χ1) is 7.82. The van der Waals surface area contributed by atoms with Crippen molar-refractivity contribution >= 4 is 22.2 Å². The lowest BCUT2D eigenvalue weighted by atomic mass is 10.4. The number of hydrogen-bond donors (Lipinski definition) is 1. The summed E-state index contributed by atoms with van der Waals surface area (Å²) in [6.07, 6.45) is 0.252. The molecule has 0 spiro atoms. The molecule has 0 fully saturated rings. The minimum atomic E-state index is -3.87. The van der Waals surface area contributed by atoms with Gasteiger partial charge in [0.05, 0.1) is 12.9 Å². The largest absolute Gasteiger partial charge is 0.453 e. The Hall–Kier alpha value is -1.31. The molecule has 0 radical (unpaired) electrons. The van der Waals surface area contributed by atoms with Crippen molar-refractivity contribution in [3.63, 3.8) is 0 Å². The molecule has 1 atom stereocenters. The zero-order valence-corrected chi connectivity index (χ0v) is 10.9. The van der Waals surface area contributed by atoms with Crippen LogP contribution in [0.1, 0.15) is 26.7 Å². The fraction of sp³-hybridized carbons (Fsp3) is 0.778. The first-order valence-electron chi connectivity index (χ1n) is 5.13. The third kappa shape index (κ3) is 6.77. The van der Waals surface area contributed by atoms with Crippen molar-refractivity contribution in [2.75, 3.05) is 12.9 Å². The summed E-state index contributed by atoms with van der Waals surface area (Å²) in [6.45, 7) is 3.12. The Kier molecular flexibility index (Phi) is 6.55. The Morgan fingerprint density at radius 2 is 1.94 bits per heavy atom. The van der Waals surface area contributed by atoms with Gasteiger partial charge in [-0.15, -0.1) is 0 Å². The van der Waals surface area contributed by atoms with Gasteiger partial charge in [-0.1, -0.05) is 13.3 Å². The minimum Gasteiger partial charge on any atom is -0.453 e.